The fourth-order valence-corrected chi connectivity index (χ4v) is 1.99. The molecular formula is C12H10FNO3S. The predicted octanol–water partition coefficient (Wildman–Crippen LogP) is 1.70. The molecule has 0 atom stereocenters. The number of phenols is 1. The molecular weight excluding hydrogens is 257 g/mol. The molecule has 0 radical (unpaired) electrons. The standard InChI is InChI=1S/C12H10FNO3S/c13-10-5-9(2-4-12(10)15)11-3-1-8(6-14-11)7-18(16)17/h1-6,15,18H,7H2. The number of pyridine rings is 1. The van der Waals surface area contributed by atoms with Crippen molar-refractivity contribution in [3.05, 3.63) is 47.9 Å². The Balaban J connectivity index is 2.31. The van der Waals surface area contributed by atoms with Crippen LogP contribution in [0.1, 0.15) is 5.56 Å². The normalized spacial score (nSPS) is 10.8. The largest absolute Gasteiger partial charge is 0.505 e. The molecule has 0 aliphatic heterocycles. The monoisotopic (exact) mass is 267 g/mol. The minimum absolute atomic E-state index is 0.0629. The highest BCUT2D eigenvalue weighted by Gasteiger charge is 2.05. The van der Waals surface area contributed by atoms with Crippen molar-refractivity contribution >= 4 is 10.7 Å². The Morgan fingerprint density at radius 1 is 1.22 bits per heavy atom. The van der Waals surface area contributed by atoms with Crippen molar-refractivity contribution in [2.45, 2.75) is 5.75 Å². The molecule has 1 aromatic heterocycles. The van der Waals surface area contributed by atoms with Gasteiger partial charge in [0, 0.05) is 11.8 Å². The number of hydrogen-bond acceptors (Lipinski definition) is 4. The molecule has 6 heteroatoms. The lowest BCUT2D eigenvalue weighted by molar-refractivity contribution is 0.432. The zero-order valence-corrected chi connectivity index (χ0v) is 10.1. The Morgan fingerprint density at radius 2 is 2.00 bits per heavy atom. The zero-order chi connectivity index (χ0) is 13.1. The molecule has 0 unspecified atom stereocenters. The van der Waals surface area contributed by atoms with Crippen LogP contribution in [0.2, 0.25) is 0 Å². The van der Waals surface area contributed by atoms with Gasteiger partial charge in [0.05, 0.1) is 11.4 Å². The Bertz CT molecular complexity index is 630. The molecule has 1 heterocycles. The number of rotatable bonds is 3. The fourth-order valence-electron chi connectivity index (χ4n) is 1.50. The van der Waals surface area contributed by atoms with Crippen LogP contribution in [0.15, 0.2) is 36.5 Å². The van der Waals surface area contributed by atoms with Gasteiger partial charge in [0.2, 0.25) is 0 Å². The molecule has 0 spiro atoms. The van der Waals surface area contributed by atoms with Gasteiger partial charge in [-0.3, -0.25) is 4.98 Å². The summed E-state index contributed by atoms with van der Waals surface area (Å²) in [5.41, 5.74) is 1.61. The van der Waals surface area contributed by atoms with Crippen molar-refractivity contribution in [2.24, 2.45) is 0 Å². The van der Waals surface area contributed by atoms with Crippen molar-refractivity contribution in [3.63, 3.8) is 0 Å². The van der Waals surface area contributed by atoms with Crippen LogP contribution < -0.4 is 0 Å². The molecule has 94 valence electrons. The summed E-state index contributed by atoms with van der Waals surface area (Å²) in [5, 5.41) is 9.07. The number of hydrogen-bond donors (Lipinski definition) is 2. The van der Waals surface area contributed by atoms with Gasteiger partial charge in [0.25, 0.3) is 0 Å². The minimum atomic E-state index is -2.48. The first-order valence-electron chi connectivity index (χ1n) is 5.12. The van der Waals surface area contributed by atoms with E-state index in [9.17, 15) is 12.8 Å². The van der Waals surface area contributed by atoms with E-state index in [4.69, 9.17) is 5.11 Å². The van der Waals surface area contributed by atoms with Crippen molar-refractivity contribution in [1.29, 1.82) is 0 Å². The first-order chi connectivity index (χ1) is 8.56. The molecule has 0 saturated heterocycles. The Labute approximate surface area is 105 Å². The number of thiol groups is 1. The van der Waals surface area contributed by atoms with E-state index in [1.165, 1.54) is 24.4 Å². The molecule has 0 saturated carbocycles. The van der Waals surface area contributed by atoms with E-state index in [2.05, 4.69) is 4.98 Å². The summed E-state index contributed by atoms with van der Waals surface area (Å²) in [6, 6.07) is 7.19. The first-order valence-corrected chi connectivity index (χ1v) is 6.48. The summed E-state index contributed by atoms with van der Waals surface area (Å²) in [6.07, 6.45) is 1.44. The van der Waals surface area contributed by atoms with E-state index in [1.54, 1.807) is 12.1 Å². The Morgan fingerprint density at radius 3 is 2.56 bits per heavy atom. The van der Waals surface area contributed by atoms with E-state index in [1.807, 2.05) is 0 Å². The second-order valence-corrected chi connectivity index (χ2v) is 4.69. The van der Waals surface area contributed by atoms with Gasteiger partial charge in [0.15, 0.2) is 11.6 Å². The molecule has 1 aromatic carbocycles. The Hall–Kier alpha value is -1.95. The summed E-state index contributed by atoms with van der Waals surface area (Å²) in [5.74, 6) is -1.20. The van der Waals surface area contributed by atoms with Crippen LogP contribution in [0.3, 0.4) is 0 Å². The lowest BCUT2D eigenvalue weighted by Gasteiger charge is -2.03. The van der Waals surface area contributed by atoms with Crippen LogP contribution in [0.5, 0.6) is 5.75 Å². The second-order valence-electron chi connectivity index (χ2n) is 3.71. The number of nitrogens with zero attached hydrogens (tertiary/aromatic N) is 1. The van der Waals surface area contributed by atoms with E-state index in [0.717, 1.165) is 0 Å². The van der Waals surface area contributed by atoms with Gasteiger partial charge in [-0.2, -0.15) is 0 Å². The van der Waals surface area contributed by atoms with Crippen molar-refractivity contribution in [2.75, 3.05) is 0 Å². The quantitative estimate of drug-likeness (QED) is 0.831. The maximum Gasteiger partial charge on any atom is 0.165 e. The van der Waals surface area contributed by atoms with E-state index < -0.39 is 22.3 Å². The van der Waals surface area contributed by atoms with Gasteiger partial charge in [-0.05, 0) is 29.8 Å². The van der Waals surface area contributed by atoms with Gasteiger partial charge in [-0.1, -0.05) is 6.07 Å². The summed E-state index contributed by atoms with van der Waals surface area (Å²) in [6.45, 7) is 0. The molecule has 0 bridgehead atoms. The van der Waals surface area contributed by atoms with Crippen LogP contribution >= 0.6 is 0 Å². The van der Waals surface area contributed by atoms with Crippen LogP contribution in [0, 0.1) is 5.82 Å². The van der Waals surface area contributed by atoms with Gasteiger partial charge < -0.3 is 5.11 Å². The number of aromatic nitrogens is 1. The van der Waals surface area contributed by atoms with Crippen LogP contribution in [0.4, 0.5) is 4.39 Å². The van der Waals surface area contributed by atoms with Crippen LogP contribution in [0.25, 0.3) is 11.3 Å². The smallest absolute Gasteiger partial charge is 0.165 e. The van der Waals surface area contributed by atoms with Gasteiger partial charge in [-0.25, -0.2) is 12.8 Å². The van der Waals surface area contributed by atoms with Crippen molar-refractivity contribution < 1.29 is 17.9 Å². The molecule has 18 heavy (non-hydrogen) atoms. The average Bonchev–Trinajstić information content (AvgIpc) is 2.33. The lowest BCUT2D eigenvalue weighted by Crippen LogP contribution is -1.90. The van der Waals surface area contributed by atoms with Crippen LogP contribution in [-0.2, 0) is 16.5 Å². The lowest BCUT2D eigenvalue weighted by atomic mass is 10.1. The predicted molar refractivity (Wildman–Crippen MR) is 65.3 cm³/mol. The van der Waals surface area contributed by atoms with Crippen molar-refractivity contribution in [3.8, 4) is 17.0 Å². The molecule has 0 amide bonds. The molecule has 0 aliphatic carbocycles. The third kappa shape index (κ3) is 2.84. The average molecular weight is 267 g/mol. The van der Waals surface area contributed by atoms with Gasteiger partial charge >= 0.3 is 0 Å². The SMILES string of the molecule is O=[SH](=O)Cc1ccc(-c2ccc(O)c(F)c2)nc1. The van der Waals surface area contributed by atoms with Gasteiger partial charge in [-0.15, -0.1) is 0 Å². The Kier molecular flexibility index (Phi) is 3.57. The summed E-state index contributed by atoms with van der Waals surface area (Å²) >= 11 is 0. The van der Waals surface area contributed by atoms with E-state index in [-0.39, 0.29) is 5.75 Å². The molecule has 2 aromatic rings. The molecule has 0 aliphatic rings. The van der Waals surface area contributed by atoms with E-state index >= 15 is 0 Å². The third-order valence-electron chi connectivity index (χ3n) is 2.38. The fraction of sp³-hybridized carbons (Fsp3) is 0.0833. The maximum absolute atomic E-state index is 13.2. The number of aromatic hydroxyl groups is 1. The molecule has 4 nitrogen and oxygen atoms in total. The number of phenolic OH excluding ortho intramolecular Hbond substituents is 1. The summed E-state index contributed by atoms with van der Waals surface area (Å²) in [4.78, 5) is 4.06. The summed E-state index contributed by atoms with van der Waals surface area (Å²) in [7, 11) is -2.48. The highest BCUT2D eigenvalue weighted by atomic mass is 32.2. The van der Waals surface area contributed by atoms with E-state index in [0.29, 0.717) is 16.8 Å². The molecule has 1 N–H and O–H groups in total. The highest BCUT2D eigenvalue weighted by Crippen LogP contribution is 2.23. The molecule has 2 rings (SSSR count). The first kappa shape index (κ1) is 12.5. The highest BCUT2D eigenvalue weighted by molar-refractivity contribution is 7.71. The third-order valence-corrected chi connectivity index (χ3v) is 3.00. The zero-order valence-electron chi connectivity index (χ0n) is 9.21. The minimum Gasteiger partial charge on any atom is -0.505 e. The van der Waals surface area contributed by atoms with Crippen LogP contribution in [-0.4, -0.2) is 18.5 Å². The summed E-state index contributed by atoms with van der Waals surface area (Å²) < 4.78 is 34.2. The number of halogens is 1. The topological polar surface area (TPSA) is 67.3 Å². The molecule has 0 fully saturated rings. The van der Waals surface area contributed by atoms with Gasteiger partial charge in [0.1, 0.15) is 10.7 Å². The second kappa shape index (κ2) is 5.14. The van der Waals surface area contributed by atoms with Crippen molar-refractivity contribution in [1.82, 2.24) is 4.98 Å². The number of benzene rings is 1. The maximum atomic E-state index is 13.2.